The molecule has 0 N–H and O–H groups in total. The summed E-state index contributed by atoms with van der Waals surface area (Å²) in [7, 11) is 0. The number of ketones is 1. The number of carbonyl (C=O) groups is 1. The quantitative estimate of drug-likeness (QED) is 0.534. The number of halogens is 1. The molecule has 0 bridgehead atoms. The molecule has 0 fully saturated rings. The van der Waals surface area contributed by atoms with E-state index in [1.807, 2.05) is 48.5 Å². The Bertz CT molecular complexity index is 780. The van der Waals surface area contributed by atoms with Crippen molar-refractivity contribution < 1.29 is 9.53 Å². The Hall–Kier alpha value is -1.78. The summed E-state index contributed by atoms with van der Waals surface area (Å²) in [4.78, 5) is 14.2. The molecule has 4 heteroatoms. The molecule has 0 spiro atoms. The average Bonchev–Trinajstić information content (AvgIpc) is 2.83. The highest BCUT2D eigenvalue weighted by atomic mass is 79.9. The molecular weight excluding hydrogens is 360 g/mol. The number of fused-ring (bicyclic) bond motifs is 1. The molecule has 0 saturated carbocycles. The predicted molar refractivity (Wildman–Crippen MR) is 94.4 cm³/mol. The van der Waals surface area contributed by atoms with Crippen LogP contribution in [0.3, 0.4) is 0 Å². The number of thioether (sulfide) groups is 1. The van der Waals surface area contributed by atoms with Crippen LogP contribution in [0, 0.1) is 0 Å². The first-order valence-corrected chi connectivity index (χ1v) is 8.36. The zero-order valence-electron chi connectivity index (χ0n) is 11.7. The van der Waals surface area contributed by atoms with E-state index in [1.54, 1.807) is 6.08 Å². The number of ether oxygens (including phenoxy) is 1. The third kappa shape index (κ3) is 3.03. The molecule has 2 aromatic rings. The number of Topliss-reactive ketones (excluding diaryl/α,β-unsaturated/α-hetero) is 1. The van der Waals surface area contributed by atoms with Gasteiger partial charge in [0.25, 0.3) is 0 Å². The predicted octanol–water partition coefficient (Wildman–Crippen LogP) is 5.34. The Morgan fingerprint density at radius 1 is 1.23 bits per heavy atom. The Morgan fingerprint density at radius 2 is 2.05 bits per heavy atom. The lowest BCUT2D eigenvalue weighted by atomic mass is 10.1. The molecule has 0 atom stereocenters. The van der Waals surface area contributed by atoms with E-state index < -0.39 is 0 Å². The minimum atomic E-state index is 0.0650. The molecule has 1 aliphatic rings. The fourth-order valence-corrected chi connectivity index (χ4v) is 3.61. The van der Waals surface area contributed by atoms with Gasteiger partial charge in [-0.25, -0.2) is 0 Å². The van der Waals surface area contributed by atoms with Gasteiger partial charge >= 0.3 is 0 Å². The second-order valence-corrected chi connectivity index (χ2v) is 6.72. The molecule has 22 heavy (non-hydrogen) atoms. The Morgan fingerprint density at radius 3 is 2.82 bits per heavy atom. The van der Waals surface area contributed by atoms with Gasteiger partial charge in [0.2, 0.25) is 5.78 Å². The first-order chi connectivity index (χ1) is 10.7. The first-order valence-electron chi connectivity index (χ1n) is 6.75. The summed E-state index contributed by atoms with van der Waals surface area (Å²) in [5.41, 5.74) is 1.64. The molecular formula is C18H13BrO2S. The van der Waals surface area contributed by atoms with E-state index in [1.165, 1.54) is 11.8 Å². The van der Waals surface area contributed by atoms with Crippen LogP contribution in [0.25, 0.3) is 6.08 Å². The van der Waals surface area contributed by atoms with Crippen LogP contribution in [0.15, 0.2) is 69.4 Å². The van der Waals surface area contributed by atoms with E-state index in [9.17, 15) is 4.79 Å². The van der Waals surface area contributed by atoms with E-state index >= 15 is 0 Å². The highest BCUT2D eigenvalue weighted by molar-refractivity contribution is 9.10. The summed E-state index contributed by atoms with van der Waals surface area (Å²) in [5.74, 6) is 0.801. The van der Waals surface area contributed by atoms with Crippen molar-refractivity contribution in [3.8, 4) is 5.75 Å². The number of hydrogen-bond acceptors (Lipinski definition) is 3. The van der Waals surface area contributed by atoms with Gasteiger partial charge in [0.15, 0.2) is 0 Å². The first kappa shape index (κ1) is 15.1. The molecule has 0 unspecified atom stereocenters. The fourth-order valence-electron chi connectivity index (χ4n) is 2.19. The van der Waals surface area contributed by atoms with Crippen LogP contribution in [-0.2, 0) is 0 Å². The maximum Gasteiger partial charge on any atom is 0.200 e. The van der Waals surface area contributed by atoms with Crippen molar-refractivity contribution in [2.75, 3.05) is 6.61 Å². The normalized spacial score (nSPS) is 15.0. The lowest BCUT2D eigenvalue weighted by Gasteiger charge is -2.08. The minimum absolute atomic E-state index is 0.0650. The lowest BCUT2D eigenvalue weighted by Crippen LogP contribution is -1.97. The van der Waals surface area contributed by atoms with Gasteiger partial charge in [-0.3, -0.25) is 4.79 Å². The molecule has 2 aromatic carbocycles. The summed E-state index contributed by atoms with van der Waals surface area (Å²) >= 11 is 4.96. The second kappa shape index (κ2) is 6.55. The number of allylic oxidation sites excluding steroid dienone is 1. The number of rotatable bonds is 4. The molecule has 0 amide bonds. The Labute approximate surface area is 142 Å². The zero-order chi connectivity index (χ0) is 15.5. The molecule has 3 rings (SSSR count). The summed E-state index contributed by atoms with van der Waals surface area (Å²) < 4.78 is 6.60. The van der Waals surface area contributed by atoms with Gasteiger partial charge in [-0.05, 0) is 36.4 Å². The van der Waals surface area contributed by atoms with Gasteiger partial charge < -0.3 is 4.74 Å². The van der Waals surface area contributed by atoms with Crippen LogP contribution in [0.2, 0.25) is 0 Å². The van der Waals surface area contributed by atoms with Crippen molar-refractivity contribution >= 4 is 39.6 Å². The SMILES string of the molecule is C=CCOc1ccc(Br)cc1/C=C1\Sc2ccccc2C1=O. The number of benzene rings is 2. The standard InChI is InChI=1S/C18H13BrO2S/c1-2-9-21-15-8-7-13(19)10-12(15)11-17-18(20)14-5-3-4-6-16(14)22-17/h2-8,10-11H,1,9H2/b17-11-. The smallest absolute Gasteiger partial charge is 0.200 e. The van der Waals surface area contributed by atoms with Gasteiger partial charge in [0, 0.05) is 20.5 Å². The van der Waals surface area contributed by atoms with Gasteiger partial charge in [0.1, 0.15) is 12.4 Å². The van der Waals surface area contributed by atoms with Crippen molar-refractivity contribution in [1.29, 1.82) is 0 Å². The van der Waals surface area contributed by atoms with Crippen molar-refractivity contribution in [2.45, 2.75) is 4.90 Å². The molecule has 0 aromatic heterocycles. The largest absolute Gasteiger partial charge is 0.489 e. The highest BCUT2D eigenvalue weighted by Gasteiger charge is 2.25. The second-order valence-electron chi connectivity index (χ2n) is 4.72. The van der Waals surface area contributed by atoms with E-state index in [-0.39, 0.29) is 5.78 Å². The maximum absolute atomic E-state index is 12.5. The number of carbonyl (C=O) groups excluding carboxylic acids is 1. The van der Waals surface area contributed by atoms with Crippen molar-refractivity contribution in [2.24, 2.45) is 0 Å². The van der Waals surface area contributed by atoms with Crippen LogP contribution < -0.4 is 4.74 Å². The Balaban J connectivity index is 1.98. The van der Waals surface area contributed by atoms with Crippen LogP contribution >= 0.6 is 27.7 Å². The summed E-state index contributed by atoms with van der Waals surface area (Å²) in [6.07, 6.45) is 3.58. The van der Waals surface area contributed by atoms with Crippen LogP contribution in [-0.4, -0.2) is 12.4 Å². The lowest BCUT2D eigenvalue weighted by molar-refractivity contribution is 0.104. The van der Waals surface area contributed by atoms with Gasteiger partial charge in [-0.1, -0.05) is 52.5 Å². The molecule has 110 valence electrons. The summed E-state index contributed by atoms with van der Waals surface area (Å²) in [5, 5.41) is 0. The van der Waals surface area contributed by atoms with Gasteiger partial charge in [-0.15, -0.1) is 0 Å². The van der Waals surface area contributed by atoms with E-state index in [2.05, 4.69) is 22.5 Å². The van der Waals surface area contributed by atoms with Gasteiger partial charge in [-0.2, -0.15) is 0 Å². The molecule has 0 saturated heterocycles. The fraction of sp³-hybridized carbons (Fsp3) is 0.0556. The third-order valence-electron chi connectivity index (χ3n) is 3.19. The zero-order valence-corrected chi connectivity index (χ0v) is 14.1. The minimum Gasteiger partial charge on any atom is -0.489 e. The molecule has 2 nitrogen and oxygen atoms in total. The van der Waals surface area contributed by atoms with E-state index in [0.717, 1.165) is 26.2 Å². The van der Waals surface area contributed by atoms with Crippen LogP contribution in [0.4, 0.5) is 0 Å². The summed E-state index contributed by atoms with van der Waals surface area (Å²) in [6.45, 7) is 4.09. The maximum atomic E-state index is 12.5. The van der Waals surface area contributed by atoms with Crippen molar-refractivity contribution in [3.63, 3.8) is 0 Å². The van der Waals surface area contributed by atoms with Crippen LogP contribution in [0.1, 0.15) is 15.9 Å². The topological polar surface area (TPSA) is 26.3 Å². The number of hydrogen-bond donors (Lipinski definition) is 0. The third-order valence-corrected chi connectivity index (χ3v) is 4.78. The van der Waals surface area contributed by atoms with Crippen LogP contribution in [0.5, 0.6) is 5.75 Å². The van der Waals surface area contributed by atoms with Crippen molar-refractivity contribution in [3.05, 3.63) is 75.6 Å². The highest BCUT2D eigenvalue weighted by Crippen LogP contribution is 2.41. The molecule has 0 radical (unpaired) electrons. The monoisotopic (exact) mass is 372 g/mol. The molecule has 0 aliphatic carbocycles. The van der Waals surface area contributed by atoms with Crippen molar-refractivity contribution in [1.82, 2.24) is 0 Å². The van der Waals surface area contributed by atoms with E-state index in [0.29, 0.717) is 11.5 Å². The summed E-state index contributed by atoms with van der Waals surface area (Å²) in [6, 6.07) is 13.4. The molecule has 1 heterocycles. The molecule has 1 aliphatic heterocycles. The van der Waals surface area contributed by atoms with Gasteiger partial charge in [0.05, 0.1) is 4.91 Å². The van der Waals surface area contributed by atoms with E-state index in [4.69, 9.17) is 4.74 Å². The average molecular weight is 373 g/mol. The Kier molecular flexibility index (Phi) is 4.50.